The van der Waals surface area contributed by atoms with Gasteiger partial charge in [0.25, 0.3) is 0 Å². The number of amides is 1. The van der Waals surface area contributed by atoms with Gasteiger partial charge in [-0.25, -0.2) is 0 Å². The Balaban J connectivity index is 1.90. The highest BCUT2D eigenvalue weighted by Gasteiger charge is 2.29. The van der Waals surface area contributed by atoms with Crippen LogP contribution in [0, 0.1) is 5.92 Å². The van der Waals surface area contributed by atoms with Crippen LogP contribution in [-0.2, 0) is 16.1 Å². The van der Waals surface area contributed by atoms with Crippen LogP contribution in [0.5, 0.6) is 0 Å². The van der Waals surface area contributed by atoms with E-state index in [4.69, 9.17) is 10.5 Å². The lowest BCUT2D eigenvalue weighted by Crippen LogP contribution is -2.37. The highest BCUT2D eigenvalue weighted by atomic mass is 16.5. The zero-order valence-corrected chi connectivity index (χ0v) is 9.97. The van der Waals surface area contributed by atoms with Gasteiger partial charge in [0.1, 0.15) is 0 Å². The highest BCUT2D eigenvalue weighted by Crippen LogP contribution is 2.27. The molecule has 2 rings (SSSR count). The molecule has 0 spiro atoms. The number of carbonyl (C=O) groups is 1. The van der Waals surface area contributed by atoms with Crippen LogP contribution in [0.1, 0.15) is 31.2 Å². The third-order valence-corrected chi connectivity index (χ3v) is 3.37. The monoisotopic (exact) mass is 233 g/mol. The van der Waals surface area contributed by atoms with E-state index >= 15 is 0 Å². The summed E-state index contributed by atoms with van der Waals surface area (Å²) in [6.07, 6.45) is 4.03. The number of hydrogen-bond acceptors (Lipinski definition) is 2. The minimum Gasteiger partial charge on any atom is -0.373 e. The Hall–Kier alpha value is -1.35. The molecule has 92 valence electrons. The van der Waals surface area contributed by atoms with Gasteiger partial charge in [-0.15, -0.1) is 0 Å². The minimum absolute atomic E-state index is 0.00135. The fraction of sp³-hybridized carbons (Fsp3) is 0.500. The standard InChI is InChI=1S/C14H19NO2/c15-14(16)12-8-4-5-9-13(12)17-10-11-6-2-1-3-7-11/h1-3,6-7,12-13H,4-5,8-10H2,(H2,15,16). The van der Waals surface area contributed by atoms with Crippen LogP contribution in [0.25, 0.3) is 0 Å². The van der Waals surface area contributed by atoms with Gasteiger partial charge in [0, 0.05) is 0 Å². The molecule has 2 unspecified atom stereocenters. The first-order valence-electron chi connectivity index (χ1n) is 6.22. The number of rotatable bonds is 4. The van der Waals surface area contributed by atoms with Crippen LogP contribution in [0.4, 0.5) is 0 Å². The van der Waals surface area contributed by atoms with Gasteiger partial charge in [-0.1, -0.05) is 43.2 Å². The first-order valence-corrected chi connectivity index (χ1v) is 6.22. The Morgan fingerprint density at radius 1 is 1.24 bits per heavy atom. The molecule has 2 atom stereocenters. The average Bonchev–Trinajstić information content (AvgIpc) is 2.38. The molecule has 0 radical (unpaired) electrons. The molecule has 1 aromatic rings. The molecule has 3 heteroatoms. The van der Waals surface area contributed by atoms with Crippen molar-refractivity contribution in [3.63, 3.8) is 0 Å². The summed E-state index contributed by atoms with van der Waals surface area (Å²) in [5, 5.41) is 0. The second kappa shape index (κ2) is 5.82. The molecule has 1 aliphatic rings. The topological polar surface area (TPSA) is 52.3 Å². The molecule has 17 heavy (non-hydrogen) atoms. The fourth-order valence-electron chi connectivity index (χ4n) is 2.40. The van der Waals surface area contributed by atoms with E-state index in [1.807, 2.05) is 30.3 Å². The molecule has 0 bridgehead atoms. The van der Waals surface area contributed by atoms with Gasteiger partial charge in [0.2, 0.25) is 5.91 Å². The summed E-state index contributed by atoms with van der Waals surface area (Å²) in [5.41, 5.74) is 6.55. The van der Waals surface area contributed by atoms with Crippen LogP contribution in [-0.4, -0.2) is 12.0 Å². The van der Waals surface area contributed by atoms with Crippen molar-refractivity contribution in [2.24, 2.45) is 11.7 Å². The SMILES string of the molecule is NC(=O)C1CCCCC1OCc1ccccc1. The smallest absolute Gasteiger partial charge is 0.223 e. The Labute approximate surface area is 102 Å². The molecule has 1 aromatic carbocycles. The lowest BCUT2D eigenvalue weighted by molar-refractivity contribution is -0.129. The quantitative estimate of drug-likeness (QED) is 0.867. The maximum Gasteiger partial charge on any atom is 0.223 e. The molecule has 1 amide bonds. The third-order valence-electron chi connectivity index (χ3n) is 3.37. The van der Waals surface area contributed by atoms with Crippen molar-refractivity contribution < 1.29 is 9.53 Å². The van der Waals surface area contributed by atoms with E-state index in [-0.39, 0.29) is 17.9 Å². The minimum atomic E-state index is -0.220. The van der Waals surface area contributed by atoms with Gasteiger partial charge >= 0.3 is 0 Å². The van der Waals surface area contributed by atoms with E-state index in [1.54, 1.807) is 0 Å². The molecule has 1 saturated carbocycles. The summed E-state index contributed by atoms with van der Waals surface area (Å²) < 4.78 is 5.84. The molecule has 1 fully saturated rings. The first kappa shape index (κ1) is 12.1. The second-order valence-electron chi connectivity index (χ2n) is 4.63. The second-order valence-corrected chi connectivity index (χ2v) is 4.63. The van der Waals surface area contributed by atoms with Crippen LogP contribution < -0.4 is 5.73 Å². The average molecular weight is 233 g/mol. The Morgan fingerprint density at radius 2 is 1.94 bits per heavy atom. The number of carbonyl (C=O) groups excluding carboxylic acids is 1. The van der Waals surface area contributed by atoms with E-state index in [9.17, 15) is 4.79 Å². The van der Waals surface area contributed by atoms with E-state index in [2.05, 4.69) is 0 Å². The molecule has 0 aromatic heterocycles. The van der Waals surface area contributed by atoms with Crippen LogP contribution >= 0.6 is 0 Å². The largest absolute Gasteiger partial charge is 0.373 e. The number of hydrogen-bond donors (Lipinski definition) is 1. The van der Waals surface area contributed by atoms with Crippen molar-refractivity contribution in [2.75, 3.05) is 0 Å². The number of primary amides is 1. The number of ether oxygens (including phenoxy) is 1. The van der Waals surface area contributed by atoms with E-state index in [0.717, 1.165) is 31.2 Å². The van der Waals surface area contributed by atoms with Crippen molar-refractivity contribution >= 4 is 5.91 Å². The Morgan fingerprint density at radius 3 is 2.65 bits per heavy atom. The molecule has 1 aliphatic carbocycles. The summed E-state index contributed by atoms with van der Waals surface area (Å²) in [6.45, 7) is 0.565. The Bertz CT molecular complexity index is 364. The van der Waals surface area contributed by atoms with Crippen molar-refractivity contribution in [2.45, 2.75) is 38.4 Å². The normalized spacial score (nSPS) is 24.5. The van der Waals surface area contributed by atoms with Crippen LogP contribution in [0.3, 0.4) is 0 Å². The molecular weight excluding hydrogens is 214 g/mol. The van der Waals surface area contributed by atoms with E-state index < -0.39 is 0 Å². The van der Waals surface area contributed by atoms with Crippen molar-refractivity contribution in [1.29, 1.82) is 0 Å². The Kier molecular flexibility index (Phi) is 4.15. The van der Waals surface area contributed by atoms with E-state index in [1.165, 1.54) is 0 Å². The molecule has 0 saturated heterocycles. The molecule has 2 N–H and O–H groups in total. The van der Waals surface area contributed by atoms with Gasteiger partial charge < -0.3 is 10.5 Å². The fourth-order valence-corrected chi connectivity index (χ4v) is 2.40. The maximum atomic E-state index is 11.3. The lowest BCUT2D eigenvalue weighted by atomic mass is 9.86. The zero-order chi connectivity index (χ0) is 12.1. The summed E-state index contributed by atoms with van der Waals surface area (Å²) in [7, 11) is 0. The summed E-state index contributed by atoms with van der Waals surface area (Å²) in [5.74, 6) is -0.324. The zero-order valence-electron chi connectivity index (χ0n) is 9.97. The van der Waals surface area contributed by atoms with Crippen molar-refractivity contribution in [3.8, 4) is 0 Å². The lowest BCUT2D eigenvalue weighted by Gasteiger charge is -2.29. The van der Waals surface area contributed by atoms with Gasteiger partial charge in [-0.05, 0) is 18.4 Å². The first-order chi connectivity index (χ1) is 8.27. The number of nitrogens with two attached hydrogens (primary N) is 1. The summed E-state index contributed by atoms with van der Waals surface area (Å²) in [6, 6.07) is 10.0. The van der Waals surface area contributed by atoms with Gasteiger partial charge in [-0.2, -0.15) is 0 Å². The van der Waals surface area contributed by atoms with Gasteiger partial charge in [0.05, 0.1) is 18.6 Å². The van der Waals surface area contributed by atoms with Crippen LogP contribution in [0.15, 0.2) is 30.3 Å². The van der Waals surface area contributed by atoms with Crippen molar-refractivity contribution in [3.05, 3.63) is 35.9 Å². The highest BCUT2D eigenvalue weighted by molar-refractivity contribution is 5.77. The maximum absolute atomic E-state index is 11.3. The van der Waals surface area contributed by atoms with Gasteiger partial charge in [0.15, 0.2) is 0 Å². The molecule has 0 aliphatic heterocycles. The molecule has 3 nitrogen and oxygen atoms in total. The van der Waals surface area contributed by atoms with Crippen LogP contribution in [0.2, 0.25) is 0 Å². The predicted molar refractivity (Wildman–Crippen MR) is 66.2 cm³/mol. The van der Waals surface area contributed by atoms with E-state index in [0.29, 0.717) is 6.61 Å². The predicted octanol–water partition coefficient (Wildman–Crippen LogP) is 2.25. The molecule has 0 heterocycles. The summed E-state index contributed by atoms with van der Waals surface area (Å²) >= 11 is 0. The summed E-state index contributed by atoms with van der Waals surface area (Å²) in [4.78, 5) is 11.3. The number of benzene rings is 1. The molecular formula is C14H19NO2. The third kappa shape index (κ3) is 3.30. The van der Waals surface area contributed by atoms with Crippen molar-refractivity contribution in [1.82, 2.24) is 0 Å². The van der Waals surface area contributed by atoms with Gasteiger partial charge in [-0.3, -0.25) is 4.79 Å².